The molecule has 0 radical (unpaired) electrons. The summed E-state index contributed by atoms with van der Waals surface area (Å²) in [6.45, 7) is 2.82. The van der Waals surface area contributed by atoms with Gasteiger partial charge < -0.3 is 14.8 Å². The Morgan fingerprint density at radius 1 is 1.17 bits per heavy atom. The molecule has 1 atom stereocenters. The van der Waals surface area contributed by atoms with Crippen LogP contribution in [-0.4, -0.2) is 43.2 Å². The normalized spacial score (nSPS) is 17.9. The number of anilines is 1. The fraction of sp³-hybridized carbons (Fsp3) is 0.389. The Balaban J connectivity index is 1.62. The van der Waals surface area contributed by atoms with E-state index in [0.29, 0.717) is 6.04 Å². The van der Waals surface area contributed by atoms with Crippen LogP contribution in [0.15, 0.2) is 42.6 Å². The van der Waals surface area contributed by atoms with Crippen LogP contribution in [0.1, 0.15) is 12.1 Å². The molecule has 0 aliphatic carbocycles. The lowest BCUT2D eigenvalue weighted by Gasteiger charge is -2.19. The molecule has 2 heterocycles. The summed E-state index contributed by atoms with van der Waals surface area (Å²) in [7, 11) is 3.31. The largest absolute Gasteiger partial charge is 0.493 e. The summed E-state index contributed by atoms with van der Waals surface area (Å²) in [6.07, 6.45) is 2.90. The molecule has 3 rings (SSSR count). The molecule has 1 aliphatic rings. The van der Waals surface area contributed by atoms with Crippen LogP contribution < -0.4 is 14.8 Å². The summed E-state index contributed by atoms with van der Waals surface area (Å²) in [5.41, 5.74) is 2.10. The molecule has 0 amide bonds. The van der Waals surface area contributed by atoms with E-state index in [1.165, 1.54) is 5.69 Å². The zero-order valence-corrected chi connectivity index (χ0v) is 13.7. The van der Waals surface area contributed by atoms with Gasteiger partial charge in [0.05, 0.1) is 14.2 Å². The number of nitrogens with one attached hydrogen (secondary N) is 1. The maximum atomic E-state index is 5.47. The van der Waals surface area contributed by atoms with Gasteiger partial charge in [-0.3, -0.25) is 9.88 Å². The van der Waals surface area contributed by atoms with Crippen LogP contribution in [0.4, 0.5) is 5.69 Å². The van der Waals surface area contributed by atoms with Gasteiger partial charge in [-0.1, -0.05) is 18.2 Å². The SMILES string of the molecule is COc1ccnc(CN2CC[C@@H](Nc3ccccc3)C2)c1OC. The van der Waals surface area contributed by atoms with Gasteiger partial charge in [-0.15, -0.1) is 0 Å². The lowest BCUT2D eigenvalue weighted by molar-refractivity contribution is 0.304. The highest BCUT2D eigenvalue weighted by Gasteiger charge is 2.24. The highest BCUT2D eigenvalue weighted by atomic mass is 16.5. The summed E-state index contributed by atoms with van der Waals surface area (Å²) < 4.78 is 10.8. The van der Waals surface area contributed by atoms with Gasteiger partial charge in [0.25, 0.3) is 0 Å². The maximum absolute atomic E-state index is 5.47. The predicted octanol–water partition coefficient (Wildman–Crippen LogP) is 2.79. The average molecular weight is 313 g/mol. The van der Waals surface area contributed by atoms with Gasteiger partial charge in [-0.05, 0) is 18.6 Å². The van der Waals surface area contributed by atoms with E-state index >= 15 is 0 Å². The molecule has 0 saturated carbocycles. The van der Waals surface area contributed by atoms with Crippen LogP contribution in [0.2, 0.25) is 0 Å². The monoisotopic (exact) mass is 313 g/mol. The van der Waals surface area contributed by atoms with E-state index in [9.17, 15) is 0 Å². The Morgan fingerprint density at radius 3 is 2.74 bits per heavy atom. The Hall–Kier alpha value is -2.27. The topological polar surface area (TPSA) is 46.6 Å². The minimum absolute atomic E-state index is 0.467. The van der Waals surface area contributed by atoms with Gasteiger partial charge in [0.2, 0.25) is 0 Å². The highest BCUT2D eigenvalue weighted by Crippen LogP contribution is 2.30. The molecule has 0 spiro atoms. The molecule has 1 saturated heterocycles. The number of pyridine rings is 1. The highest BCUT2D eigenvalue weighted by molar-refractivity contribution is 5.44. The number of ether oxygens (including phenoxy) is 2. The van der Waals surface area contributed by atoms with Crippen molar-refractivity contribution in [2.24, 2.45) is 0 Å². The van der Waals surface area contributed by atoms with Crippen molar-refractivity contribution in [2.75, 3.05) is 32.6 Å². The minimum Gasteiger partial charge on any atom is -0.493 e. The van der Waals surface area contributed by atoms with Crippen LogP contribution in [0.3, 0.4) is 0 Å². The van der Waals surface area contributed by atoms with Gasteiger partial charge in [0, 0.05) is 43.6 Å². The van der Waals surface area contributed by atoms with Gasteiger partial charge in [0.15, 0.2) is 11.5 Å². The first-order valence-electron chi connectivity index (χ1n) is 7.90. The van der Waals surface area contributed by atoms with Crippen LogP contribution in [0, 0.1) is 0 Å². The van der Waals surface area contributed by atoms with Crippen LogP contribution in [-0.2, 0) is 6.54 Å². The van der Waals surface area contributed by atoms with Crippen molar-refractivity contribution >= 4 is 5.69 Å². The number of aromatic nitrogens is 1. The smallest absolute Gasteiger partial charge is 0.183 e. The van der Waals surface area contributed by atoms with Gasteiger partial charge in [-0.25, -0.2) is 0 Å². The molecule has 2 aromatic rings. The first kappa shape index (κ1) is 15.6. The Morgan fingerprint density at radius 2 is 2.00 bits per heavy atom. The molecule has 5 nitrogen and oxygen atoms in total. The van der Waals surface area contributed by atoms with Crippen molar-refractivity contribution in [3.63, 3.8) is 0 Å². The second-order valence-corrected chi connectivity index (χ2v) is 5.72. The second kappa shape index (κ2) is 7.33. The number of methoxy groups -OCH3 is 2. The number of rotatable bonds is 6. The van der Waals surface area contributed by atoms with E-state index in [1.807, 2.05) is 12.1 Å². The quantitative estimate of drug-likeness (QED) is 0.888. The third-order valence-corrected chi connectivity index (χ3v) is 4.16. The third kappa shape index (κ3) is 3.74. The van der Waals surface area contributed by atoms with Crippen LogP contribution >= 0.6 is 0 Å². The first-order valence-corrected chi connectivity index (χ1v) is 7.90. The molecule has 0 bridgehead atoms. The second-order valence-electron chi connectivity index (χ2n) is 5.72. The molecule has 122 valence electrons. The van der Waals surface area contributed by atoms with Crippen LogP contribution in [0.5, 0.6) is 11.5 Å². The van der Waals surface area contributed by atoms with Crippen LogP contribution in [0.25, 0.3) is 0 Å². The molecule has 5 heteroatoms. The van der Waals surface area contributed by atoms with Crippen molar-refractivity contribution < 1.29 is 9.47 Å². The molecule has 1 fully saturated rings. The Bertz CT molecular complexity index is 633. The van der Waals surface area contributed by atoms with Crippen molar-refractivity contribution in [2.45, 2.75) is 19.0 Å². The zero-order valence-electron chi connectivity index (χ0n) is 13.7. The van der Waals surface area contributed by atoms with E-state index < -0.39 is 0 Å². The third-order valence-electron chi connectivity index (χ3n) is 4.16. The fourth-order valence-electron chi connectivity index (χ4n) is 3.04. The predicted molar refractivity (Wildman–Crippen MR) is 91.1 cm³/mol. The van der Waals surface area contributed by atoms with E-state index in [2.05, 4.69) is 39.5 Å². The number of hydrogen-bond acceptors (Lipinski definition) is 5. The van der Waals surface area contributed by atoms with E-state index in [-0.39, 0.29) is 0 Å². The minimum atomic E-state index is 0.467. The summed E-state index contributed by atoms with van der Waals surface area (Å²) in [5.74, 6) is 1.46. The zero-order chi connectivity index (χ0) is 16.1. The molecule has 23 heavy (non-hydrogen) atoms. The van der Waals surface area contributed by atoms with Crippen molar-refractivity contribution in [1.29, 1.82) is 0 Å². The van der Waals surface area contributed by atoms with Crippen molar-refractivity contribution in [1.82, 2.24) is 9.88 Å². The number of para-hydroxylation sites is 1. The molecule has 1 aromatic carbocycles. The van der Waals surface area contributed by atoms with Gasteiger partial charge in [-0.2, -0.15) is 0 Å². The standard InChI is InChI=1S/C18H23N3O2/c1-22-17-8-10-19-16(18(17)23-2)13-21-11-9-15(12-21)20-14-6-4-3-5-7-14/h3-8,10,15,20H,9,11-13H2,1-2H3/t15-/m1/s1. The molecule has 1 aliphatic heterocycles. The van der Waals surface area contributed by atoms with Crippen molar-refractivity contribution in [3.8, 4) is 11.5 Å². The maximum Gasteiger partial charge on any atom is 0.183 e. The summed E-state index contributed by atoms with van der Waals surface area (Å²) in [5, 5.41) is 3.59. The summed E-state index contributed by atoms with van der Waals surface area (Å²) >= 11 is 0. The lowest BCUT2D eigenvalue weighted by atomic mass is 10.2. The molecule has 1 aromatic heterocycles. The number of benzene rings is 1. The van der Waals surface area contributed by atoms with E-state index in [4.69, 9.17) is 9.47 Å². The molecule has 1 N–H and O–H groups in total. The van der Waals surface area contributed by atoms with Gasteiger partial charge in [0.1, 0.15) is 5.69 Å². The Kier molecular flexibility index (Phi) is 4.98. The van der Waals surface area contributed by atoms with E-state index in [1.54, 1.807) is 20.4 Å². The van der Waals surface area contributed by atoms with Crippen molar-refractivity contribution in [3.05, 3.63) is 48.3 Å². The molecular weight excluding hydrogens is 290 g/mol. The van der Waals surface area contributed by atoms with E-state index in [0.717, 1.165) is 43.2 Å². The first-order chi connectivity index (χ1) is 11.3. The lowest BCUT2D eigenvalue weighted by Crippen LogP contribution is -2.26. The molecule has 0 unspecified atom stereocenters. The average Bonchev–Trinajstić information content (AvgIpc) is 3.02. The Labute approximate surface area is 137 Å². The number of likely N-dealkylation sites (tertiary alicyclic amines) is 1. The summed E-state index contributed by atoms with van der Waals surface area (Å²) in [4.78, 5) is 6.86. The summed E-state index contributed by atoms with van der Waals surface area (Å²) in [6, 6.07) is 12.7. The number of nitrogens with zero attached hydrogens (tertiary/aromatic N) is 2. The van der Waals surface area contributed by atoms with Gasteiger partial charge >= 0.3 is 0 Å². The fourth-order valence-corrected chi connectivity index (χ4v) is 3.04. The molecular formula is C18H23N3O2. The number of hydrogen-bond donors (Lipinski definition) is 1.